The van der Waals surface area contributed by atoms with E-state index in [4.69, 9.17) is 66.3 Å². The topological polar surface area (TPSA) is 434 Å². The fraction of sp³-hybridized carbons (Fsp3) is 0.717. The van der Waals surface area contributed by atoms with Crippen molar-refractivity contribution in [3.8, 4) is 0 Å². The van der Waals surface area contributed by atoms with Gasteiger partial charge in [0.1, 0.15) is 83.5 Å². The van der Waals surface area contributed by atoms with Crippen LogP contribution < -0.4 is 17.1 Å². The highest BCUT2D eigenvalue weighted by molar-refractivity contribution is 7.82. The van der Waals surface area contributed by atoms with Crippen LogP contribution in [0.1, 0.15) is 77.6 Å². The van der Waals surface area contributed by atoms with Gasteiger partial charge in [-0.05, 0) is 6.42 Å². The summed E-state index contributed by atoms with van der Waals surface area (Å²) < 4.78 is 72.3. The lowest BCUT2D eigenvalue weighted by Gasteiger charge is -2.31. The highest BCUT2D eigenvalue weighted by atomic mass is 32.1. The Bertz CT molecular complexity index is 2740. The van der Waals surface area contributed by atoms with Crippen LogP contribution in [0.25, 0.3) is 0 Å². The summed E-state index contributed by atoms with van der Waals surface area (Å²) in [6.45, 7) is -3.01. The van der Waals surface area contributed by atoms with Gasteiger partial charge >= 0.3 is 101 Å². The van der Waals surface area contributed by atoms with Crippen LogP contribution in [0, 0.1) is 16.2 Å². The molecular weight excluding hydrogens is 1710 g/mol. The Kier molecular flexibility index (Phi) is 66.4. The average molecular weight is 1800 g/mol. The number of esters is 14. The van der Waals surface area contributed by atoms with Gasteiger partial charge in [0.15, 0.2) is 20.2 Å². The van der Waals surface area contributed by atoms with Gasteiger partial charge in [-0.25, -0.2) is 28.1 Å². The lowest BCUT2D eigenvalue weighted by molar-refractivity contribution is -0.172. The summed E-state index contributed by atoms with van der Waals surface area (Å²) in [5, 5.41) is 0. The van der Waals surface area contributed by atoms with E-state index in [1.807, 2.05) is 6.92 Å². The largest absolute Gasteiger partial charge is 0.465 e. The lowest BCUT2D eigenvalue weighted by atomic mass is 9.88. The number of hydrogen-bond donors (Lipinski definition) is 14. The van der Waals surface area contributed by atoms with Gasteiger partial charge in [-0.15, -0.1) is 0 Å². The maximum absolute atomic E-state index is 12.5. The minimum absolute atomic E-state index is 0.00157. The Morgan fingerprint density at radius 1 is 0.222 bits per heavy atom. The summed E-state index contributed by atoms with van der Waals surface area (Å²) in [7, 11) is 0. The van der Waals surface area contributed by atoms with Crippen LogP contribution in [-0.2, 0) is 154 Å². The lowest BCUT2D eigenvalue weighted by Crippen LogP contribution is -2.55. The van der Waals surface area contributed by atoms with Gasteiger partial charge in [0.05, 0.1) is 92.6 Å². The third-order valence-corrected chi connectivity index (χ3v) is 16.1. The van der Waals surface area contributed by atoms with Crippen LogP contribution in [0.5, 0.6) is 0 Å². The van der Waals surface area contributed by atoms with E-state index in [0.29, 0.717) is 37.4 Å². The maximum Gasteiger partial charge on any atom is 0.341 e. The third-order valence-electron chi connectivity index (χ3n) is 12.8. The summed E-state index contributed by atoms with van der Waals surface area (Å²) in [6, 6.07) is 0. The van der Waals surface area contributed by atoms with Crippen molar-refractivity contribution in [2.75, 3.05) is 153 Å². The molecule has 108 heavy (non-hydrogen) atoms. The second-order valence-electron chi connectivity index (χ2n) is 21.6. The van der Waals surface area contributed by atoms with Gasteiger partial charge < -0.3 is 66.3 Å². The van der Waals surface area contributed by atoms with Gasteiger partial charge in [-0.2, -0.15) is 177 Å². The van der Waals surface area contributed by atoms with Gasteiger partial charge in [-0.1, -0.05) is 6.92 Å². The standard InChI is InChI=1S/C17H28O8S4.C15H21N3O9S3.C15H26O6S3.C13H20O8S4/c18-13(1-5-26)22-9-17(10-23-14(19)2-6-27,11-24-15(20)3-7-28)12-25-16(21)4-8-29;19-10(1-4-28)25-7-16-13(22)17(8-26-11(20)2-5-29)15(24)18(14(16)23)9-27-12(21)3-6-30;1-2-15(9-19-12(16)3-6-22,10-20-13(17)4-7-23)11-21-14(18)5-8-24;14-9(1-22)18-5-13(6-19-10(15)2-23,7-20-11(16)3-24)8-21-12(17)4-25/h26-29H,1-12H2;28-30H,1-9H2;22-24H,2-11H2,1H3;22-25H,1-8H2. The van der Waals surface area contributed by atoms with Crippen molar-refractivity contribution < 1.29 is 133 Å². The Balaban J connectivity index is -0.00000137. The van der Waals surface area contributed by atoms with Crippen LogP contribution in [0.15, 0.2) is 14.4 Å². The summed E-state index contributed by atoms with van der Waals surface area (Å²) in [4.78, 5) is 200. The first-order valence-electron chi connectivity index (χ1n) is 32.0. The van der Waals surface area contributed by atoms with Gasteiger partial charge in [0.25, 0.3) is 0 Å². The Hall–Kier alpha value is -4.11. The molecule has 1 rings (SSSR count). The molecule has 0 aliphatic rings. The van der Waals surface area contributed by atoms with Gasteiger partial charge in [-0.3, -0.25) is 67.1 Å². The number of carbonyl (C=O) groups excluding carboxylic acids is 14. The van der Waals surface area contributed by atoms with Crippen LogP contribution in [0.2, 0.25) is 0 Å². The normalized spacial score (nSPS) is 10.8. The smallest absolute Gasteiger partial charge is 0.341 e. The van der Waals surface area contributed by atoms with E-state index in [2.05, 4.69) is 177 Å². The monoisotopic (exact) mass is 1800 g/mol. The summed E-state index contributed by atoms with van der Waals surface area (Å²) in [5.41, 5.74) is -6.85. The van der Waals surface area contributed by atoms with Gasteiger partial charge in [0, 0.05) is 57.5 Å². The Labute approximate surface area is 700 Å². The van der Waals surface area contributed by atoms with Crippen molar-refractivity contribution in [2.45, 2.75) is 97.7 Å². The highest BCUT2D eigenvalue weighted by Crippen LogP contribution is 2.27. The van der Waals surface area contributed by atoms with Crippen molar-refractivity contribution in [1.29, 1.82) is 0 Å². The zero-order chi connectivity index (χ0) is 82.5. The third kappa shape index (κ3) is 51.5. The van der Waals surface area contributed by atoms with Crippen LogP contribution >= 0.6 is 177 Å². The first-order chi connectivity index (χ1) is 51.3. The number of hydrogen-bond acceptors (Lipinski definition) is 45. The molecule has 0 saturated carbocycles. The number of rotatable bonds is 53. The molecule has 0 aliphatic carbocycles. The Morgan fingerprint density at radius 2 is 0.352 bits per heavy atom. The summed E-state index contributed by atoms with van der Waals surface area (Å²) in [6.07, 6.45) is 1.09. The van der Waals surface area contributed by atoms with E-state index in [9.17, 15) is 81.5 Å². The van der Waals surface area contributed by atoms with E-state index in [-0.39, 0.29) is 200 Å². The molecule has 620 valence electrons. The Morgan fingerprint density at radius 3 is 0.481 bits per heavy atom. The van der Waals surface area contributed by atoms with Crippen molar-refractivity contribution >= 4 is 260 Å². The SMILES string of the molecule is CCC(COC(=O)CCS)(COC(=O)CCS)COC(=O)CCS.O=C(CCS)OCC(COC(=O)CCS)(COC(=O)CCS)COC(=O)CCS.O=C(CCS)OCn1c(=O)n(COC(=O)CCS)c(=O)n(COC(=O)CCS)c1=O.O=C(CS)OCC(COC(=O)CS)(COC(=O)CS)COC(=O)CS. The molecule has 0 aromatic carbocycles. The molecule has 0 fully saturated rings. The number of thiol groups is 14. The molecule has 0 radical (unpaired) electrons. The molecule has 0 aliphatic heterocycles. The molecule has 0 spiro atoms. The van der Waals surface area contributed by atoms with Crippen molar-refractivity contribution in [3.63, 3.8) is 0 Å². The zero-order valence-corrected chi connectivity index (χ0v) is 71.4. The second kappa shape index (κ2) is 66.3. The average Bonchev–Trinajstić information content (AvgIpc) is 0.785. The van der Waals surface area contributed by atoms with Crippen LogP contribution in [-0.4, -0.2) is 250 Å². The quantitative estimate of drug-likeness (QED) is 0.0252. The van der Waals surface area contributed by atoms with Crippen LogP contribution in [0.3, 0.4) is 0 Å². The molecule has 1 heterocycles. The summed E-state index contributed by atoms with van der Waals surface area (Å²) >= 11 is 54.5. The van der Waals surface area contributed by atoms with Crippen molar-refractivity contribution in [1.82, 2.24) is 13.7 Å². The molecule has 0 bridgehead atoms. The van der Waals surface area contributed by atoms with Gasteiger partial charge in [0.2, 0.25) is 0 Å². The predicted molar refractivity (Wildman–Crippen MR) is 436 cm³/mol. The van der Waals surface area contributed by atoms with Crippen molar-refractivity contribution in [2.24, 2.45) is 16.2 Å². The number of aromatic nitrogens is 3. The molecule has 0 unspecified atom stereocenters. The number of nitrogens with zero attached hydrogens (tertiary/aromatic N) is 3. The number of carbonyl (C=O) groups is 14. The molecule has 0 amide bonds. The van der Waals surface area contributed by atoms with E-state index in [1.54, 1.807) is 0 Å². The maximum atomic E-state index is 12.5. The first kappa shape index (κ1) is 108. The molecule has 0 N–H and O–H groups in total. The van der Waals surface area contributed by atoms with Crippen molar-refractivity contribution in [3.05, 3.63) is 31.5 Å². The minimum atomic E-state index is -1.28. The van der Waals surface area contributed by atoms with E-state index < -0.39 is 137 Å². The molecule has 0 saturated heterocycles. The molecule has 0 atom stereocenters. The van der Waals surface area contributed by atoms with E-state index in [1.165, 1.54) is 0 Å². The zero-order valence-electron chi connectivity index (χ0n) is 58.8. The fourth-order valence-corrected chi connectivity index (χ4v) is 8.93. The molecule has 34 nitrogen and oxygen atoms in total. The molecule has 48 heteroatoms. The summed E-state index contributed by atoms with van der Waals surface area (Å²) in [5.74, 6) is -5.99. The molecule has 1 aromatic heterocycles. The highest BCUT2D eigenvalue weighted by Gasteiger charge is 2.40. The minimum Gasteiger partial charge on any atom is -0.465 e. The fourth-order valence-electron chi connectivity index (χ4n) is 6.74. The van der Waals surface area contributed by atoms with E-state index >= 15 is 0 Å². The predicted octanol–water partition coefficient (Wildman–Crippen LogP) is 1.90. The van der Waals surface area contributed by atoms with E-state index in [0.717, 1.165) is 0 Å². The molecular formula is C60H95N3O31S14. The molecule has 1 aromatic rings. The first-order valence-corrected chi connectivity index (χ1v) is 40.8. The second-order valence-corrected chi connectivity index (χ2v) is 27.3. The number of ether oxygens (including phenoxy) is 14. The van der Waals surface area contributed by atoms with Crippen LogP contribution in [0.4, 0.5) is 0 Å².